The summed E-state index contributed by atoms with van der Waals surface area (Å²) in [5, 5.41) is 0. The molecule has 0 N–H and O–H groups in total. The third-order valence-electron chi connectivity index (χ3n) is 2.91. The zero-order chi connectivity index (χ0) is 9.00. The van der Waals surface area contributed by atoms with Crippen LogP contribution in [0.1, 0.15) is 30.3 Å². The van der Waals surface area contributed by atoms with Gasteiger partial charge in [-0.1, -0.05) is 0 Å². The van der Waals surface area contributed by atoms with E-state index >= 15 is 0 Å². The second-order valence-corrected chi connectivity index (χ2v) is 3.83. The third-order valence-corrected chi connectivity index (χ3v) is 2.91. The first-order chi connectivity index (χ1) is 6.29. The first kappa shape index (κ1) is 7.38. The van der Waals surface area contributed by atoms with Crippen molar-refractivity contribution in [3.8, 4) is 0 Å². The number of rotatable bonds is 1. The molecule has 0 saturated heterocycles. The van der Waals surface area contributed by atoms with E-state index in [0.717, 1.165) is 24.2 Å². The highest BCUT2D eigenvalue weighted by Crippen LogP contribution is 2.36. The van der Waals surface area contributed by atoms with Crippen LogP contribution in [-0.4, -0.2) is 9.13 Å². The van der Waals surface area contributed by atoms with Crippen LogP contribution in [0.4, 0.5) is 0 Å². The Bertz CT molecular complexity index is 412. The van der Waals surface area contributed by atoms with Crippen LogP contribution in [-0.2, 0) is 25.0 Å². The van der Waals surface area contributed by atoms with Gasteiger partial charge in [-0.3, -0.25) is 9.13 Å². The second kappa shape index (κ2) is 2.26. The quantitative estimate of drug-likeness (QED) is 0.632. The Hall–Kier alpha value is -1.03. The number of aromatic nitrogens is 2. The molecule has 0 aromatic carbocycles. The zero-order valence-corrected chi connectivity index (χ0v) is 7.62. The van der Waals surface area contributed by atoms with Crippen LogP contribution < -0.4 is 5.69 Å². The summed E-state index contributed by atoms with van der Waals surface area (Å²) in [6.07, 6.45) is 2.30. The first-order valence-electron chi connectivity index (χ1n) is 4.65. The molecule has 0 spiro atoms. The normalized spacial score (nSPS) is 20.7. The molecule has 0 unspecified atom stereocenters. The number of hydrogen-bond acceptors (Lipinski definition) is 2. The van der Waals surface area contributed by atoms with Crippen LogP contribution in [0.5, 0.6) is 0 Å². The fourth-order valence-corrected chi connectivity index (χ4v) is 2.01. The summed E-state index contributed by atoms with van der Waals surface area (Å²) in [5.41, 5.74) is 2.31. The van der Waals surface area contributed by atoms with E-state index in [0.29, 0.717) is 19.3 Å². The Morgan fingerprint density at radius 2 is 2.00 bits per heavy atom. The summed E-state index contributed by atoms with van der Waals surface area (Å²) >= 11 is 0. The van der Waals surface area contributed by atoms with E-state index in [2.05, 4.69) is 0 Å². The lowest BCUT2D eigenvalue weighted by molar-refractivity contribution is 0.126. The Morgan fingerprint density at radius 3 is 2.69 bits per heavy atom. The maximum absolute atomic E-state index is 11.8. The van der Waals surface area contributed by atoms with Gasteiger partial charge in [0, 0.05) is 13.1 Å². The van der Waals surface area contributed by atoms with Crippen LogP contribution in [0.25, 0.3) is 0 Å². The number of hydrogen-bond donors (Lipinski definition) is 0. The molecule has 0 atom stereocenters. The van der Waals surface area contributed by atoms with E-state index in [4.69, 9.17) is 4.74 Å². The molecule has 1 aliphatic heterocycles. The SMILES string of the molecule is Cn1c2c(n(C3CC3)c1=O)COC2. The van der Waals surface area contributed by atoms with Crippen molar-refractivity contribution in [3.05, 3.63) is 21.9 Å². The molecule has 2 aliphatic rings. The number of ether oxygens (including phenoxy) is 1. The van der Waals surface area contributed by atoms with Crippen LogP contribution in [0.2, 0.25) is 0 Å². The smallest absolute Gasteiger partial charge is 0.328 e. The largest absolute Gasteiger partial charge is 0.369 e. The van der Waals surface area contributed by atoms with Gasteiger partial charge in [0.1, 0.15) is 0 Å². The van der Waals surface area contributed by atoms with Crippen LogP contribution in [0.15, 0.2) is 4.79 Å². The Labute approximate surface area is 75.7 Å². The van der Waals surface area contributed by atoms with Crippen molar-refractivity contribution in [2.24, 2.45) is 7.05 Å². The van der Waals surface area contributed by atoms with Crippen LogP contribution >= 0.6 is 0 Å². The van der Waals surface area contributed by atoms with Gasteiger partial charge in [0.2, 0.25) is 0 Å². The van der Waals surface area contributed by atoms with E-state index in [1.807, 2.05) is 11.6 Å². The van der Waals surface area contributed by atoms with Crippen molar-refractivity contribution < 1.29 is 4.74 Å². The predicted molar refractivity (Wildman–Crippen MR) is 46.4 cm³/mol. The van der Waals surface area contributed by atoms with Gasteiger partial charge >= 0.3 is 5.69 Å². The molecule has 1 aromatic rings. The number of imidazole rings is 1. The lowest BCUT2D eigenvalue weighted by Gasteiger charge is -2.00. The molecule has 2 heterocycles. The maximum Gasteiger partial charge on any atom is 0.328 e. The van der Waals surface area contributed by atoms with Gasteiger partial charge in [-0.05, 0) is 12.8 Å². The molecule has 0 amide bonds. The molecule has 1 saturated carbocycles. The van der Waals surface area contributed by atoms with Crippen molar-refractivity contribution in [2.45, 2.75) is 32.1 Å². The van der Waals surface area contributed by atoms with Crippen molar-refractivity contribution in [1.29, 1.82) is 0 Å². The average molecular weight is 180 g/mol. The van der Waals surface area contributed by atoms with E-state index in [1.54, 1.807) is 4.57 Å². The van der Waals surface area contributed by atoms with E-state index in [9.17, 15) is 4.79 Å². The molecule has 4 heteroatoms. The van der Waals surface area contributed by atoms with E-state index in [-0.39, 0.29) is 5.69 Å². The highest BCUT2D eigenvalue weighted by molar-refractivity contribution is 5.18. The van der Waals surface area contributed by atoms with Crippen LogP contribution in [0.3, 0.4) is 0 Å². The van der Waals surface area contributed by atoms with E-state index < -0.39 is 0 Å². The summed E-state index contributed by atoms with van der Waals surface area (Å²) < 4.78 is 8.97. The summed E-state index contributed by atoms with van der Waals surface area (Å²) in [4.78, 5) is 11.8. The number of fused-ring (bicyclic) bond motifs is 1. The van der Waals surface area contributed by atoms with Gasteiger partial charge in [0.25, 0.3) is 0 Å². The Kier molecular flexibility index (Phi) is 1.28. The maximum atomic E-state index is 11.8. The molecular weight excluding hydrogens is 168 g/mol. The summed E-state index contributed by atoms with van der Waals surface area (Å²) in [7, 11) is 1.83. The molecule has 1 fully saturated rings. The summed E-state index contributed by atoms with van der Waals surface area (Å²) in [6, 6.07) is 0.462. The fraction of sp³-hybridized carbons (Fsp3) is 0.667. The van der Waals surface area contributed by atoms with Gasteiger partial charge in [-0.15, -0.1) is 0 Å². The number of nitrogens with zero attached hydrogens (tertiary/aromatic N) is 2. The topological polar surface area (TPSA) is 36.2 Å². The summed E-state index contributed by atoms with van der Waals surface area (Å²) in [6.45, 7) is 1.21. The van der Waals surface area contributed by atoms with Gasteiger partial charge in [-0.2, -0.15) is 0 Å². The highest BCUT2D eigenvalue weighted by Gasteiger charge is 2.32. The van der Waals surface area contributed by atoms with Crippen molar-refractivity contribution in [1.82, 2.24) is 9.13 Å². The molecule has 0 radical (unpaired) electrons. The molecule has 3 rings (SSSR count). The standard InChI is InChI=1S/C9H12N2O2/c1-10-7-4-13-5-8(7)11(9(10)12)6-2-3-6/h6H,2-5H2,1H3. The average Bonchev–Trinajstić information content (AvgIpc) is 2.77. The molecule has 4 nitrogen and oxygen atoms in total. The molecule has 1 aromatic heterocycles. The van der Waals surface area contributed by atoms with E-state index in [1.165, 1.54) is 0 Å². The lowest BCUT2D eigenvalue weighted by atomic mass is 10.4. The van der Waals surface area contributed by atoms with Gasteiger partial charge in [-0.25, -0.2) is 4.79 Å². The molecule has 70 valence electrons. The van der Waals surface area contributed by atoms with Gasteiger partial charge in [0.05, 0.1) is 24.6 Å². The third kappa shape index (κ3) is 0.864. The molecular formula is C9H12N2O2. The molecule has 1 aliphatic carbocycles. The predicted octanol–water partition coefficient (Wildman–Crippen LogP) is 0.552. The minimum Gasteiger partial charge on any atom is -0.369 e. The highest BCUT2D eigenvalue weighted by atomic mass is 16.5. The lowest BCUT2D eigenvalue weighted by Crippen LogP contribution is -2.23. The first-order valence-corrected chi connectivity index (χ1v) is 4.65. The zero-order valence-electron chi connectivity index (χ0n) is 7.62. The summed E-state index contributed by atoms with van der Waals surface area (Å²) in [5.74, 6) is 0. The fourth-order valence-electron chi connectivity index (χ4n) is 2.01. The van der Waals surface area contributed by atoms with Gasteiger partial charge in [0.15, 0.2) is 0 Å². The van der Waals surface area contributed by atoms with Crippen molar-refractivity contribution in [2.75, 3.05) is 0 Å². The van der Waals surface area contributed by atoms with Crippen LogP contribution in [0, 0.1) is 0 Å². The van der Waals surface area contributed by atoms with Crippen molar-refractivity contribution in [3.63, 3.8) is 0 Å². The Morgan fingerprint density at radius 1 is 1.31 bits per heavy atom. The van der Waals surface area contributed by atoms with Crippen molar-refractivity contribution >= 4 is 0 Å². The minimum absolute atomic E-state index is 0.135. The molecule has 0 bridgehead atoms. The van der Waals surface area contributed by atoms with Gasteiger partial charge < -0.3 is 4.74 Å². The second-order valence-electron chi connectivity index (χ2n) is 3.83. The molecule has 13 heavy (non-hydrogen) atoms. The minimum atomic E-state index is 0.135. The Balaban J connectivity index is 2.27. The monoisotopic (exact) mass is 180 g/mol.